The van der Waals surface area contributed by atoms with Crippen LogP contribution < -0.4 is 9.80 Å². The zero-order chi connectivity index (χ0) is 18.0. The van der Waals surface area contributed by atoms with Gasteiger partial charge in [0.1, 0.15) is 23.0 Å². The first kappa shape index (κ1) is 17.1. The largest absolute Gasteiger partial charge is 0.362 e. The maximum absolute atomic E-state index is 11.5. The molecule has 0 aliphatic carbocycles. The van der Waals surface area contributed by atoms with E-state index in [0.717, 1.165) is 5.82 Å². The van der Waals surface area contributed by atoms with Gasteiger partial charge in [-0.2, -0.15) is 0 Å². The maximum Gasteiger partial charge on any atom is 0.293 e. The number of anilines is 2. The molecule has 3 rings (SSSR count). The van der Waals surface area contributed by atoms with E-state index in [9.17, 15) is 14.9 Å². The van der Waals surface area contributed by atoms with E-state index in [4.69, 9.17) is 11.6 Å². The summed E-state index contributed by atoms with van der Waals surface area (Å²) in [5.41, 5.74) is 0.811. The number of rotatable bonds is 4. The van der Waals surface area contributed by atoms with Crippen molar-refractivity contribution in [2.24, 2.45) is 0 Å². The number of nitro groups is 1. The number of Topliss-reactive ketones (excluding diaryl/α,β-unsaturated/α-hetero) is 1. The van der Waals surface area contributed by atoms with Crippen molar-refractivity contribution < 1.29 is 9.72 Å². The van der Waals surface area contributed by atoms with Gasteiger partial charge in [0.2, 0.25) is 0 Å². The minimum atomic E-state index is -0.446. The average molecular weight is 362 g/mol. The van der Waals surface area contributed by atoms with Gasteiger partial charge in [-0.15, -0.1) is 0 Å². The molecule has 9 heteroatoms. The average Bonchev–Trinajstić information content (AvgIpc) is 2.61. The smallest absolute Gasteiger partial charge is 0.293 e. The minimum absolute atomic E-state index is 0.0498. The molecule has 1 aliphatic heterocycles. The van der Waals surface area contributed by atoms with Crippen LogP contribution in [0.25, 0.3) is 0 Å². The number of carbonyl (C=O) groups excluding carboxylic acids is 1. The van der Waals surface area contributed by atoms with Crippen LogP contribution in [0.15, 0.2) is 30.6 Å². The SMILES string of the molecule is CC(=O)c1ccc(N2CCN(c3cc(Cl)ncn3)CC2)c([N+](=O)[O-])c1. The van der Waals surface area contributed by atoms with E-state index in [-0.39, 0.29) is 11.5 Å². The molecule has 1 aliphatic rings. The Balaban J connectivity index is 1.78. The summed E-state index contributed by atoms with van der Waals surface area (Å²) in [5, 5.41) is 11.8. The van der Waals surface area contributed by atoms with E-state index < -0.39 is 4.92 Å². The van der Waals surface area contributed by atoms with Crippen molar-refractivity contribution in [3.05, 3.63) is 51.4 Å². The van der Waals surface area contributed by atoms with Crippen molar-refractivity contribution >= 4 is 34.6 Å². The van der Waals surface area contributed by atoms with Gasteiger partial charge in [-0.05, 0) is 19.1 Å². The molecule has 0 saturated carbocycles. The quantitative estimate of drug-likeness (QED) is 0.357. The predicted molar refractivity (Wildman–Crippen MR) is 94.6 cm³/mol. The summed E-state index contributed by atoms with van der Waals surface area (Å²) < 4.78 is 0. The predicted octanol–water partition coefficient (Wildman–Crippen LogP) is 2.57. The van der Waals surface area contributed by atoms with E-state index in [1.165, 1.54) is 19.3 Å². The molecule has 25 heavy (non-hydrogen) atoms. The van der Waals surface area contributed by atoms with Gasteiger partial charge in [0.05, 0.1) is 4.92 Å². The highest BCUT2D eigenvalue weighted by atomic mass is 35.5. The number of benzene rings is 1. The Bertz CT molecular complexity index is 821. The van der Waals surface area contributed by atoms with Gasteiger partial charge in [-0.1, -0.05) is 11.6 Å². The van der Waals surface area contributed by atoms with E-state index in [1.54, 1.807) is 18.2 Å². The van der Waals surface area contributed by atoms with Crippen LogP contribution in [0, 0.1) is 10.1 Å². The zero-order valence-electron chi connectivity index (χ0n) is 13.6. The minimum Gasteiger partial charge on any atom is -0.362 e. The number of hydrogen-bond donors (Lipinski definition) is 0. The van der Waals surface area contributed by atoms with E-state index in [0.29, 0.717) is 42.6 Å². The van der Waals surface area contributed by atoms with Crippen LogP contribution in [-0.4, -0.2) is 46.9 Å². The first-order chi connectivity index (χ1) is 12.0. The number of aromatic nitrogens is 2. The van der Waals surface area contributed by atoms with Crippen LogP contribution >= 0.6 is 11.6 Å². The molecule has 0 atom stereocenters. The van der Waals surface area contributed by atoms with Crippen LogP contribution in [0.2, 0.25) is 5.15 Å². The fourth-order valence-electron chi connectivity index (χ4n) is 2.83. The maximum atomic E-state index is 11.5. The number of ketones is 1. The summed E-state index contributed by atoms with van der Waals surface area (Å²) in [7, 11) is 0. The normalized spacial score (nSPS) is 14.5. The summed E-state index contributed by atoms with van der Waals surface area (Å²) >= 11 is 5.89. The molecule has 1 saturated heterocycles. The Labute approximate surface area is 149 Å². The third kappa shape index (κ3) is 3.69. The van der Waals surface area contributed by atoms with Crippen LogP contribution in [-0.2, 0) is 0 Å². The second-order valence-corrected chi connectivity index (χ2v) is 6.08. The lowest BCUT2D eigenvalue weighted by Gasteiger charge is -2.36. The lowest BCUT2D eigenvalue weighted by molar-refractivity contribution is -0.384. The van der Waals surface area contributed by atoms with Crippen molar-refractivity contribution in [3.63, 3.8) is 0 Å². The van der Waals surface area contributed by atoms with Crippen molar-refractivity contribution in [2.45, 2.75) is 6.92 Å². The molecule has 1 aromatic heterocycles. The van der Waals surface area contributed by atoms with Crippen LogP contribution in [0.3, 0.4) is 0 Å². The van der Waals surface area contributed by atoms with Crippen LogP contribution in [0.5, 0.6) is 0 Å². The number of piperazine rings is 1. The molecular weight excluding hydrogens is 346 g/mol. The summed E-state index contributed by atoms with van der Waals surface area (Å²) in [4.78, 5) is 34.5. The second kappa shape index (κ2) is 7.02. The Morgan fingerprint density at radius 3 is 2.44 bits per heavy atom. The van der Waals surface area contributed by atoms with Gasteiger partial charge in [0.15, 0.2) is 5.78 Å². The molecule has 0 N–H and O–H groups in total. The van der Waals surface area contributed by atoms with E-state index in [2.05, 4.69) is 14.9 Å². The Morgan fingerprint density at radius 2 is 1.84 bits per heavy atom. The van der Waals surface area contributed by atoms with Crippen LogP contribution in [0.1, 0.15) is 17.3 Å². The number of hydrogen-bond acceptors (Lipinski definition) is 7. The Hall–Kier alpha value is -2.74. The summed E-state index contributed by atoms with van der Waals surface area (Å²) in [6, 6.07) is 6.31. The third-order valence-electron chi connectivity index (χ3n) is 4.14. The van der Waals surface area contributed by atoms with Crippen LogP contribution in [0.4, 0.5) is 17.2 Å². The second-order valence-electron chi connectivity index (χ2n) is 5.69. The Kier molecular flexibility index (Phi) is 4.80. The molecule has 0 spiro atoms. The van der Waals surface area contributed by atoms with Crippen molar-refractivity contribution in [2.75, 3.05) is 36.0 Å². The van der Waals surface area contributed by atoms with E-state index in [1.807, 2.05) is 4.90 Å². The fourth-order valence-corrected chi connectivity index (χ4v) is 2.97. The highest BCUT2D eigenvalue weighted by Crippen LogP contribution is 2.30. The summed E-state index contributed by atoms with van der Waals surface area (Å²) in [6.07, 6.45) is 1.41. The van der Waals surface area contributed by atoms with Gasteiger partial charge in [-0.25, -0.2) is 9.97 Å². The van der Waals surface area contributed by atoms with Gasteiger partial charge in [0, 0.05) is 43.9 Å². The molecule has 2 aromatic rings. The number of nitro benzene ring substituents is 1. The first-order valence-corrected chi connectivity index (χ1v) is 8.10. The number of halogens is 1. The lowest BCUT2D eigenvalue weighted by Crippen LogP contribution is -2.47. The number of carbonyl (C=O) groups is 1. The topological polar surface area (TPSA) is 92.5 Å². The summed E-state index contributed by atoms with van der Waals surface area (Å²) in [5.74, 6) is 0.543. The monoisotopic (exact) mass is 361 g/mol. The van der Waals surface area contributed by atoms with E-state index >= 15 is 0 Å². The van der Waals surface area contributed by atoms with Crippen molar-refractivity contribution in [1.82, 2.24) is 9.97 Å². The summed E-state index contributed by atoms with van der Waals surface area (Å²) in [6.45, 7) is 3.89. The van der Waals surface area contributed by atoms with Gasteiger partial charge in [0.25, 0.3) is 5.69 Å². The molecule has 1 aromatic carbocycles. The fraction of sp³-hybridized carbons (Fsp3) is 0.312. The molecule has 1 fully saturated rings. The first-order valence-electron chi connectivity index (χ1n) is 7.72. The number of nitrogens with zero attached hydrogens (tertiary/aromatic N) is 5. The third-order valence-corrected chi connectivity index (χ3v) is 4.35. The molecule has 2 heterocycles. The molecular formula is C16H16ClN5O3. The highest BCUT2D eigenvalue weighted by Gasteiger charge is 2.25. The Morgan fingerprint density at radius 1 is 1.16 bits per heavy atom. The van der Waals surface area contributed by atoms with Gasteiger partial charge >= 0.3 is 0 Å². The molecule has 130 valence electrons. The van der Waals surface area contributed by atoms with Gasteiger partial charge < -0.3 is 9.80 Å². The van der Waals surface area contributed by atoms with Crippen molar-refractivity contribution in [1.29, 1.82) is 0 Å². The lowest BCUT2D eigenvalue weighted by atomic mass is 10.1. The molecule has 8 nitrogen and oxygen atoms in total. The molecule has 0 bridgehead atoms. The highest BCUT2D eigenvalue weighted by molar-refractivity contribution is 6.29. The zero-order valence-corrected chi connectivity index (χ0v) is 14.3. The van der Waals surface area contributed by atoms with Gasteiger partial charge in [-0.3, -0.25) is 14.9 Å². The molecule has 0 amide bonds. The molecule has 0 radical (unpaired) electrons. The van der Waals surface area contributed by atoms with Crippen molar-refractivity contribution in [3.8, 4) is 0 Å². The molecule has 0 unspecified atom stereocenters. The standard InChI is InChI=1S/C16H16ClN5O3/c1-11(23)12-2-3-13(14(8-12)22(24)25)20-4-6-21(7-5-20)16-9-15(17)18-10-19-16/h2-3,8-10H,4-7H2,1H3.